The zero-order valence-electron chi connectivity index (χ0n) is 19.0. The van der Waals surface area contributed by atoms with Gasteiger partial charge in [0.25, 0.3) is 5.91 Å². The topological polar surface area (TPSA) is 80.6 Å². The lowest BCUT2D eigenvalue weighted by molar-refractivity contribution is -0.131. The van der Waals surface area contributed by atoms with E-state index in [0.29, 0.717) is 49.7 Å². The molecule has 0 N–H and O–H groups in total. The van der Waals surface area contributed by atoms with Crippen LogP contribution in [0.4, 0.5) is 4.39 Å². The second-order valence-corrected chi connectivity index (χ2v) is 8.76. The summed E-state index contributed by atoms with van der Waals surface area (Å²) in [5, 5.41) is 8.37. The average molecular weight is 464 g/mol. The summed E-state index contributed by atoms with van der Waals surface area (Å²) in [6.45, 7) is 4.48. The Morgan fingerprint density at radius 2 is 1.79 bits per heavy atom. The van der Waals surface area contributed by atoms with Gasteiger partial charge in [0.2, 0.25) is 5.91 Å². The lowest BCUT2D eigenvalue weighted by Gasteiger charge is -2.34. The lowest BCUT2D eigenvalue weighted by Crippen LogP contribution is -2.51. The van der Waals surface area contributed by atoms with Crippen LogP contribution in [0.5, 0.6) is 0 Å². The largest absolute Gasteiger partial charge is 0.365 e. The van der Waals surface area contributed by atoms with Crippen molar-refractivity contribution in [2.75, 3.05) is 26.2 Å². The van der Waals surface area contributed by atoms with Crippen molar-refractivity contribution in [2.24, 2.45) is 0 Å². The molecule has 2 aliphatic rings. The van der Waals surface area contributed by atoms with E-state index >= 15 is 0 Å². The molecular weight excluding hydrogens is 437 g/mol. The summed E-state index contributed by atoms with van der Waals surface area (Å²) < 4.78 is 21.2. The molecule has 0 unspecified atom stereocenters. The molecule has 2 aromatic carbocycles. The number of ether oxygens (including phenoxy) is 1. The van der Waals surface area contributed by atoms with Crippen molar-refractivity contribution in [2.45, 2.75) is 32.6 Å². The molecule has 1 fully saturated rings. The zero-order valence-corrected chi connectivity index (χ0v) is 19.0. The maximum Gasteiger partial charge on any atom is 0.276 e. The third-order valence-corrected chi connectivity index (χ3v) is 6.41. The number of aryl methyl sites for hydroxylation is 1. The Balaban J connectivity index is 1.19. The van der Waals surface area contributed by atoms with Gasteiger partial charge < -0.3 is 14.5 Å². The smallest absolute Gasteiger partial charge is 0.276 e. The molecule has 0 radical (unpaired) electrons. The van der Waals surface area contributed by atoms with Crippen LogP contribution in [-0.2, 0) is 29.1 Å². The fourth-order valence-electron chi connectivity index (χ4n) is 4.40. The van der Waals surface area contributed by atoms with Crippen molar-refractivity contribution in [3.8, 4) is 0 Å². The minimum atomic E-state index is -0.355. The first kappa shape index (κ1) is 22.2. The number of nitrogens with zero attached hydrogens (tertiary/aromatic N) is 5. The Morgan fingerprint density at radius 3 is 2.53 bits per heavy atom. The fourth-order valence-corrected chi connectivity index (χ4v) is 4.40. The first-order valence-electron chi connectivity index (χ1n) is 11.4. The number of piperazine rings is 1. The van der Waals surface area contributed by atoms with Gasteiger partial charge in [-0.3, -0.25) is 9.59 Å². The highest BCUT2D eigenvalue weighted by atomic mass is 19.1. The Labute approximate surface area is 196 Å². The summed E-state index contributed by atoms with van der Waals surface area (Å²) >= 11 is 0. The number of carbonyl (C=O) groups is 2. The summed E-state index contributed by atoms with van der Waals surface area (Å²) in [5.74, 6) is -0.628. The van der Waals surface area contributed by atoms with Crippen molar-refractivity contribution in [1.29, 1.82) is 0 Å². The molecule has 1 atom stereocenters. The van der Waals surface area contributed by atoms with E-state index in [1.807, 2.05) is 31.2 Å². The molecule has 0 bridgehead atoms. The van der Waals surface area contributed by atoms with Gasteiger partial charge in [0.05, 0.1) is 25.3 Å². The predicted molar refractivity (Wildman–Crippen MR) is 121 cm³/mol. The quantitative estimate of drug-likeness (QED) is 0.594. The number of hydrogen-bond donors (Lipinski definition) is 0. The van der Waals surface area contributed by atoms with Gasteiger partial charge in [-0.15, -0.1) is 5.10 Å². The first-order valence-corrected chi connectivity index (χ1v) is 11.4. The van der Waals surface area contributed by atoms with Crippen molar-refractivity contribution >= 4 is 11.8 Å². The fraction of sp³-hybridized carbons (Fsp3) is 0.360. The van der Waals surface area contributed by atoms with E-state index < -0.39 is 0 Å². The SMILES string of the molecule is Cc1ccc([C@H]2Cn3nnc(C(=O)N4CCN(C(=O)Cc5cccc(F)c5)CC4)c3CO2)cc1. The summed E-state index contributed by atoms with van der Waals surface area (Å²) in [6.07, 6.45) is 0.00864. The Hall–Kier alpha value is -3.59. The number of amides is 2. The van der Waals surface area contributed by atoms with Crippen LogP contribution >= 0.6 is 0 Å². The molecular formula is C25H26FN5O3. The van der Waals surface area contributed by atoms with Gasteiger partial charge in [0.15, 0.2) is 5.69 Å². The molecule has 9 heteroatoms. The van der Waals surface area contributed by atoms with Gasteiger partial charge in [-0.25, -0.2) is 9.07 Å². The first-order chi connectivity index (χ1) is 16.5. The normalized spacial score (nSPS) is 18.0. The van der Waals surface area contributed by atoms with E-state index in [0.717, 1.165) is 5.56 Å². The molecule has 0 aliphatic carbocycles. The monoisotopic (exact) mass is 463 g/mol. The van der Waals surface area contributed by atoms with Crippen molar-refractivity contribution in [3.05, 3.63) is 82.4 Å². The van der Waals surface area contributed by atoms with E-state index in [4.69, 9.17) is 4.74 Å². The highest BCUT2D eigenvalue weighted by Gasteiger charge is 2.32. The molecule has 0 spiro atoms. The molecule has 3 heterocycles. The molecule has 1 aromatic heterocycles. The number of aromatic nitrogens is 3. The molecule has 8 nitrogen and oxygen atoms in total. The minimum Gasteiger partial charge on any atom is -0.365 e. The van der Waals surface area contributed by atoms with E-state index in [9.17, 15) is 14.0 Å². The van der Waals surface area contributed by atoms with Crippen LogP contribution in [0.15, 0.2) is 48.5 Å². The second-order valence-electron chi connectivity index (χ2n) is 8.76. The summed E-state index contributed by atoms with van der Waals surface area (Å²) in [7, 11) is 0. The van der Waals surface area contributed by atoms with Gasteiger partial charge in [-0.2, -0.15) is 0 Å². The molecule has 34 heavy (non-hydrogen) atoms. The number of hydrogen-bond acceptors (Lipinski definition) is 5. The number of carbonyl (C=O) groups excluding carboxylic acids is 2. The number of halogens is 1. The average Bonchev–Trinajstić information content (AvgIpc) is 3.27. The van der Waals surface area contributed by atoms with Gasteiger partial charge in [0.1, 0.15) is 11.9 Å². The molecule has 176 valence electrons. The van der Waals surface area contributed by atoms with Crippen LogP contribution < -0.4 is 0 Å². The Bertz CT molecular complexity index is 1200. The number of benzene rings is 2. The summed E-state index contributed by atoms with van der Waals surface area (Å²) in [6, 6.07) is 14.3. The molecule has 1 saturated heterocycles. The lowest BCUT2D eigenvalue weighted by atomic mass is 10.1. The highest BCUT2D eigenvalue weighted by Crippen LogP contribution is 2.27. The van der Waals surface area contributed by atoms with E-state index in [2.05, 4.69) is 10.3 Å². The molecule has 5 rings (SSSR count). The molecule has 3 aromatic rings. The minimum absolute atomic E-state index is 0.0747. The predicted octanol–water partition coefficient (Wildman–Crippen LogP) is 2.52. The highest BCUT2D eigenvalue weighted by molar-refractivity contribution is 5.93. The second kappa shape index (κ2) is 9.34. The van der Waals surface area contributed by atoms with Crippen molar-refractivity contribution in [3.63, 3.8) is 0 Å². The van der Waals surface area contributed by atoms with Crippen LogP contribution in [-0.4, -0.2) is 62.8 Å². The van der Waals surface area contributed by atoms with Gasteiger partial charge in [0, 0.05) is 26.2 Å². The van der Waals surface area contributed by atoms with Gasteiger partial charge >= 0.3 is 0 Å². The molecule has 2 aliphatic heterocycles. The summed E-state index contributed by atoms with van der Waals surface area (Å²) in [5.41, 5.74) is 3.88. The van der Waals surface area contributed by atoms with E-state index in [-0.39, 0.29) is 36.8 Å². The van der Waals surface area contributed by atoms with Crippen LogP contribution in [0.1, 0.15) is 39.0 Å². The van der Waals surface area contributed by atoms with Gasteiger partial charge in [-0.05, 0) is 30.2 Å². The van der Waals surface area contributed by atoms with E-state index in [1.165, 1.54) is 17.7 Å². The standard InChI is InChI=1S/C25H26FN5O3/c1-17-5-7-19(8-6-17)22-15-31-21(16-34-22)24(27-28-31)25(33)30-11-9-29(10-12-30)23(32)14-18-3-2-4-20(26)13-18/h2-8,13,22H,9-12,14-16H2,1H3/t22-/m1/s1. The maximum absolute atomic E-state index is 13.4. The third kappa shape index (κ3) is 4.56. The van der Waals surface area contributed by atoms with Crippen LogP contribution in [0.25, 0.3) is 0 Å². The molecule has 2 amide bonds. The van der Waals surface area contributed by atoms with Gasteiger partial charge in [-0.1, -0.05) is 47.2 Å². The number of rotatable bonds is 4. The van der Waals surface area contributed by atoms with Crippen LogP contribution in [0.3, 0.4) is 0 Å². The maximum atomic E-state index is 13.4. The Kier molecular flexibility index (Phi) is 6.10. The van der Waals surface area contributed by atoms with E-state index in [1.54, 1.807) is 26.6 Å². The van der Waals surface area contributed by atoms with Crippen LogP contribution in [0, 0.1) is 12.7 Å². The summed E-state index contributed by atoms with van der Waals surface area (Å²) in [4.78, 5) is 29.1. The Morgan fingerprint density at radius 1 is 1.06 bits per heavy atom. The van der Waals surface area contributed by atoms with Crippen molar-refractivity contribution in [1.82, 2.24) is 24.8 Å². The van der Waals surface area contributed by atoms with Crippen LogP contribution in [0.2, 0.25) is 0 Å². The zero-order chi connectivity index (χ0) is 23.7. The van der Waals surface area contributed by atoms with Crippen molar-refractivity contribution < 1.29 is 18.7 Å². The number of fused-ring (bicyclic) bond motifs is 1. The molecule has 0 saturated carbocycles. The third-order valence-electron chi connectivity index (χ3n) is 6.41.